The Bertz CT molecular complexity index is 579. The number of aryl methyl sites for hydroxylation is 2. The van der Waals surface area contributed by atoms with Gasteiger partial charge in [0, 0.05) is 19.3 Å². The molecule has 0 spiro atoms. The first-order chi connectivity index (χ1) is 9.65. The highest BCUT2D eigenvalue weighted by Crippen LogP contribution is 2.23. The fourth-order valence-electron chi connectivity index (χ4n) is 1.88. The molecule has 2 aromatic rings. The van der Waals surface area contributed by atoms with E-state index in [1.165, 1.54) is 0 Å². The summed E-state index contributed by atoms with van der Waals surface area (Å²) >= 11 is 2.29. The second kappa shape index (κ2) is 7.01. The second-order valence-electron chi connectivity index (χ2n) is 4.71. The van der Waals surface area contributed by atoms with Gasteiger partial charge < -0.3 is 5.32 Å². The van der Waals surface area contributed by atoms with Crippen LogP contribution in [0.15, 0.2) is 12.4 Å². The van der Waals surface area contributed by atoms with Crippen molar-refractivity contribution in [3.05, 3.63) is 21.7 Å². The quantitative estimate of drug-likeness (QED) is 0.774. The number of hydrogen-bond acceptors (Lipinski definition) is 4. The molecule has 0 saturated carbocycles. The van der Waals surface area contributed by atoms with Gasteiger partial charge in [-0.15, -0.1) is 0 Å². The monoisotopic (exact) mass is 385 g/mol. The molecule has 108 valence electrons. The average molecular weight is 385 g/mol. The molecule has 2 rings (SSSR count). The van der Waals surface area contributed by atoms with Gasteiger partial charge in [0.2, 0.25) is 0 Å². The molecule has 0 unspecified atom stereocenters. The topological polar surface area (TPSA) is 55.6 Å². The molecule has 2 aromatic heterocycles. The number of hydrogen-bond donors (Lipinski definition) is 1. The Labute approximate surface area is 133 Å². The predicted molar refractivity (Wildman–Crippen MR) is 89.8 cm³/mol. The molecule has 0 saturated heterocycles. The summed E-state index contributed by atoms with van der Waals surface area (Å²) < 4.78 is 3.02. The van der Waals surface area contributed by atoms with Crippen LogP contribution in [0.4, 0.5) is 5.82 Å². The van der Waals surface area contributed by atoms with Crippen LogP contribution in [0.3, 0.4) is 0 Å². The molecule has 1 N–H and O–H groups in total. The van der Waals surface area contributed by atoms with Crippen molar-refractivity contribution in [3.8, 4) is 11.4 Å². The summed E-state index contributed by atoms with van der Waals surface area (Å²) in [7, 11) is 0. The van der Waals surface area contributed by atoms with Crippen molar-refractivity contribution in [1.29, 1.82) is 0 Å². The Balaban J connectivity index is 2.32. The Morgan fingerprint density at radius 2 is 2.05 bits per heavy atom. The van der Waals surface area contributed by atoms with Gasteiger partial charge in [0.15, 0.2) is 5.82 Å². The number of aromatic nitrogens is 4. The van der Waals surface area contributed by atoms with Gasteiger partial charge >= 0.3 is 0 Å². The molecular weight excluding hydrogens is 365 g/mol. The molecule has 0 aliphatic rings. The van der Waals surface area contributed by atoms with Gasteiger partial charge in [0.25, 0.3) is 0 Å². The minimum Gasteiger partial charge on any atom is -0.369 e. The minimum absolute atomic E-state index is 0.740. The lowest BCUT2D eigenvalue weighted by atomic mass is 10.3. The molecule has 0 aromatic carbocycles. The normalized spacial score (nSPS) is 10.8. The first-order valence-electron chi connectivity index (χ1n) is 6.96. The zero-order valence-corrected chi connectivity index (χ0v) is 14.3. The van der Waals surface area contributed by atoms with E-state index in [0.29, 0.717) is 0 Å². The van der Waals surface area contributed by atoms with E-state index in [1.54, 1.807) is 0 Å². The van der Waals surface area contributed by atoms with E-state index in [2.05, 4.69) is 56.8 Å². The standard InChI is InChI=1S/C14H20IN5/c1-4-6-16-14-12(15)10(3)18-13(19-14)11-8-17-20(9-11)7-5-2/h8-9H,4-7H2,1-3H3,(H,16,18,19). The summed E-state index contributed by atoms with van der Waals surface area (Å²) in [6.07, 6.45) is 5.98. The van der Waals surface area contributed by atoms with Crippen LogP contribution in [0.2, 0.25) is 0 Å². The lowest BCUT2D eigenvalue weighted by molar-refractivity contribution is 0.603. The molecule has 0 bridgehead atoms. The summed E-state index contributed by atoms with van der Waals surface area (Å²) in [6, 6.07) is 0. The Morgan fingerprint density at radius 1 is 1.25 bits per heavy atom. The van der Waals surface area contributed by atoms with Crippen molar-refractivity contribution in [2.24, 2.45) is 0 Å². The van der Waals surface area contributed by atoms with Crippen LogP contribution in [-0.2, 0) is 6.54 Å². The molecule has 0 aliphatic carbocycles. The van der Waals surface area contributed by atoms with Crippen molar-refractivity contribution in [3.63, 3.8) is 0 Å². The summed E-state index contributed by atoms with van der Waals surface area (Å²) in [5.41, 5.74) is 1.97. The summed E-state index contributed by atoms with van der Waals surface area (Å²) in [5.74, 6) is 1.65. The third-order valence-electron chi connectivity index (χ3n) is 2.90. The Morgan fingerprint density at radius 3 is 2.75 bits per heavy atom. The van der Waals surface area contributed by atoms with Gasteiger partial charge in [-0.3, -0.25) is 4.68 Å². The lowest BCUT2D eigenvalue weighted by Crippen LogP contribution is -2.07. The van der Waals surface area contributed by atoms with Crippen molar-refractivity contribution >= 4 is 28.4 Å². The van der Waals surface area contributed by atoms with E-state index in [0.717, 1.165) is 52.4 Å². The van der Waals surface area contributed by atoms with Gasteiger partial charge in [0.1, 0.15) is 5.82 Å². The summed E-state index contributed by atoms with van der Waals surface area (Å²) in [5, 5.41) is 7.70. The van der Waals surface area contributed by atoms with Crippen molar-refractivity contribution in [1.82, 2.24) is 19.7 Å². The van der Waals surface area contributed by atoms with Gasteiger partial charge in [0.05, 0.1) is 21.0 Å². The molecule has 20 heavy (non-hydrogen) atoms. The van der Waals surface area contributed by atoms with Gasteiger partial charge in [-0.2, -0.15) is 5.10 Å². The zero-order chi connectivity index (χ0) is 14.5. The third kappa shape index (κ3) is 3.47. The van der Waals surface area contributed by atoms with Gasteiger partial charge in [-0.1, -0.05) is 13.8 Å². The number of nitrogens with zero attached hydrogens (tertiary/aromatic N) is 4. The minimum atomic E-state index is 0.740. The van der Waals surface area contributed by atoms with Crippen LogP contribution in [0.1, 0.15) is 32.4 Å². The average Bonchev–Trinajstić information content (AvgIpc) is 2.89. The van der Waals surface area contributed by atoms with Gasteiger partial charge in [-0.05, 0) is 42.4 Å². The highest BCUT2D eigenvalue weighted by molar-refractivity contribution is 14.1. The maximum atomic E-state index is 4.63. The largest absolute Gasteiger partial charge is 0.369 e. The number of halogens is 1. The maximum absolute atomic E-state index is 4.63. The second-order valence-corrected chi connectivity index (χ2v) is 5.79. The smallest absolute Gasteiger partial charge is 0.165 e. The van der Waals surface area contributed by atoms with Crippen molar-refractivity contribution < 1.29 is 0 Å². The van der Waals surface area contributed by atoms with E-state index in [4.69, 9.17) is 0 Å². The first kappa shape index (κ1) is 15.2. The molecule has 5 nitrogen and oxygen atoms in total. The zero-order valence-electron chi connectivity index (χ0n) is 12.1. The van der Waals surface area contributed by atoms with Crippen LogP contribution in [0, 0.1) is 10.5 Å². The predicted octanol–water partition coefficient (Wildman–Crippen LogP) is 3.49. The molecule has 0 fully saturated rings. The van der Waals surface area contributed by atoms with Crippen LogP contribution in [0.5, 0.6) is 0 Å². The Kier molecular flexibility index (Phi) is 5.33. The van der Waals surface area contributed by atoms with Crippen LogP contribution in [0.25, 0.3) is 11.4 Å². The van der Waals surface area contributed by atoms with Crippen molar-refractivity contribution in [2.75, 3.05) is 11.9 Å². The SMILES string of the molecule is CCCNc1nc(-c2cnn(CCC)c2)nc(C)c1I. The highest BCUT2D eigenvalue weighted by Gasteiger charge is 2.11. The molecular formula is C14H20IN5. The van der Waals surface area contributed by atoms with Crippen LogP contribution >= 0.6 is 22.6 Å². The van der Waals surface area contributed by atoms with E-state index >= 15 is 0 Å². The van der Waals surface area contributed by atoms with Crippen LogP contribution < -0.4 is 5.32 Å². The van der Waals surface area contributed by atoms with E-state index in [1.807, 2.05) is 24.0 Å². The lowest BCUT2D eigenvalue weighted by Gasteiger charge is -2.09. The number of rotatable bonds is 6. The van der Waals surface area contributed by atoms with E-state index in [9.17, 15) is 0 Å². The molecule has 2 heterocycles. The molecule has 0 atom stereocenters. The number of nitrogens with one attached hydrogen (secondary N) is 1. The van der Waals surface area contributed by atoms with E-state index in [-0.39, 0.29) is 0 Å². The molecule has 0 amide bonds. The summed E-state index contributed by atoms with van der Waals surface area (Å²) in [6.45, 7) is 8.13. The fraction of sp³-hybridized carbons (Fsp3) is 0.500. The van der Waals surface area contributed by atoms with Gasteiger partial charge in [-0.25, -0.2) is 9.97 Å². The maximum Gasteiger partial charge on any atom is 0.165 e. The van der Waals surface area contributed by atoms with Crippen LogP contribution in [-0.4, -0.2) is 26.3 Å². The molecule has 6 heteroatoms. The Hall–Kier alpha value is -1.18. The van der Waals surface area contributed by atoms with Crippen molar-refractivity contribution in [2.45, 2.75) is 40.2 Å². The summed E-state index contributed by atoms with van der Waals surface area (Å²) in [4.78, 5) is 9.20. The third-order valence-corrected chi connectivity index (χ3v) is 4.19. The first-order valence-corrected chi connectivity index (χ1v) is 8.04. The molecule has 0 radical (unpaired) electrons. The molecule has 0 aliphatic heterocycles. The highest BCUT2D eigenvalue weighted by atomic mass is 127. The van der Waals surface area contributed by atoms with E-state index < -0.39 is 0 Å². The number of anilines is 1. The fourth-order valence-corrected chi connectivity index (χ4v) is 2.31.